The van der Waals surface area contributed by atoms with Crippen molar-refractivity contribution >= 4 is 38.7 Å². The van der Waals surface area contributed by atoms with Gasteiger partial charge >= 0.3 is 0 Å². The molecule has 0 unspecified atom stereocenters. The van der Waals surface area contributed by atoms with E-state index < -0.39 is 0 Å². The highest BCUT2D eigenvalue weighted by molar-refractivity contribution is 7.19. The van der Waals surface area contributed by atoms with Crippen molar-refractivity contribution in [1.82, 2.24) is 4.98 Å². The van der Waals surface area contributed by atoms with E-state index in [1.807, 2.05) is 18.3 Å². The molecule has 0 amide bonds. The summed E-state index contributed by atoms with van der Waals surface area (Å²) < 4.78 is 0. The van der Waals surface area contributed by atoms with Crippen LogP contribution in [-0.2, 0) is 12.8 Å². The molecule has 3 aromatic heterocycles. The molecular weight excluding hydrogens is 310 g/mol. The summed E-state index contributed by atoms with van der Waals surface area (Å²) in [6, 6.07) is 4.18. The van der Waals surface area contributed by atoms with E-state index in [-0.39, 0.29) is 5.78 Å². The number of ketones is 1. The Balaban J connectivity index is 2.17. The molecule has 3 aromatic rings. The molecule has 4 heteroatoms. The number of fused-ring (bicyclic) bond motifs is 3. The van der Waals surface area contributed by atoms with E-state index in [1.54, 1.807) is 18.3 Å². The van der Waals surface area contributed by atoms with E-state index in [4.69, 9.17) is 4.98 Å². The van der Waals surface area contributed by atoms with Crippen molar-refractivity contribution in [3.8, 4) is 10.4 Å². The van der Waals surface area contributed by atoms with Crippen molar-refractivity contribution in [3.63, 3.8) is 0 Å². The van der Waals surface area contributed by atoms with Crippen LogP contribution in [0.2, 0.25) is 0 Å². The molecule has 112 valence electrons. The third-order valence-electron chi connectivity index (χ3n) is 4.40. The molecule has 0 aliphatic heterocycles. The standard InChI is InChI=1S/C18H17NOS2/c1-10-15(11(2)20)17(14-8-5-9-21-14)16-12-6-3-4-7-13(12)22-18(16)19-10/h5,8-9H,3-4,6-7H2,1-2H3. The number of thiophene rings is 2. The molecular formula is C18H17NOS2. The maximum Gasteiger partial charge on any atom is 0.162 e. The second-order valence-corrected chi connectivity index (χ2v) is 7.90. The molecule has 2 nitrogen and oxygen atoms in total. The van der Waals surface area contributed by atoms with Crippen molar-refractivity contribution in [2.75, 3.05) is 0 Å². The first-order chi connectivity index (χ1) is 10.7. The lowest BCUT2D eigenvalue weighted by atomic mass is 9.91. The first-order valence-electron chi connectivity index (χ1n) is 7.66. The van der Waals surface area contributed by atoms with Crippen molar-refractivity contribution < 1.29 is 4.79 Å². The van der Waals surface area contributed by atoms with Crippen LogP contribution in [0, 0.1) is 6.92 Å². The fraction of sp³-hybridized carbons (Fsp3) is 0.333. The fourth-order valence-corrected chi connectivity index (χ4v) is 5.60. The van der Waals surface area contributed by atoms with Gasteiger partial charge in [-0.15, -0.1) is 22.7 Å². The predicted octanol–water partition coefficient (Wildman–Crippen LogP) is 5.41. The molecule has 1 aliphatic carbocycles. The molecule has 0 saturated heterocycles. The number of pyridine rings is 1. The summed E-state index contributed by atoms with van der Waals surface area (Å²) in [5.41, 5.74) is 4.25. The van der Waals surface area contributed by atoms with Gasteiger partial charge in [0.2, 0.25) is 0 Å². The van der Waals surface area contributed by atoms with Gasteiger partial charge in [-0.25, -0.2) is 4.98 Å². The second kappa shape index (κ2) is 5.28. The molecule has 0 aromatic carbocycles. The van der Waals surface area contributed by atoms with E-state index in [0.29, 0.717) is 0 Å². The average molecular weight is 327 g/mol. The van der Waals surface area contributed by atoms with Crippen LogP contribution in [0.15, 0.2) is 17.5 Å². The summed E-state index contributed by atoms with van der Waals surface area (Å²) in [5, 5.41) is 3.33. The fourth-order valence-electron chi connectivity index (χ4n) is 3.50. The van der Waals surface area contributed by atoms with E-state index >= 15 is 0 Å². The molecule has 0 spiro atoms. The van der Waals surface area contributed by atoms with Crippen LogP contribution in [0.5, 0.6) is 0 Å². The molecule has 0 fully saturated rings. The zero-order valence-electron chi connectivity index (χ0n) is 12.7. The molecule has 0 saturated carbocycles. The van der Waals surface area contributed by atoms with Gasteiger partial charge in [0.1, 0.15) is 4.83 Å². The highest BCUT2D eigenvalue weighted by Crippen LogP contribution is 2.44. The minimum absolute atomic E-state index is 0.117. The van der Waals surface area contributed by atoms with Crippen molar-refractivity contribution in [2.45, 2.75) is 39.5 Å². The second-order valence-electron chi connectivity index (χ2n) is 5.87. The number of nitrogens with zero attached hydrogens (tertiary/aromatic N) is 1. The van der Waals surface area contributed by atoms with Crippen LogP contribution in [0.3, 0.4) is 0 Å². The van der Waals surface area contributed by atoms with E-state index in [9.17, 15) is 4.79 Å². The number of hydrogen-bond donors (Lipinski definition) is 0. The van der Waals surface area contributed by atoms with Gasteiger partial charge in [-0.1, -0.05) is 6.07 Å². The third kappa shape index (κ3) is 2.05. The van der Waals surface area contributed by atoms with E-state index in [0.717, 1.165) is 34.5 Å². The average Bonchev–Trinajstić information content (AvgIpc) is 3.12. The van der Waals surface area contributed by atoms with Crippen molar-refractivity contribution in [3.05, 3.63) is 39.2 Å². The number of carbonyl (C=O) groups excluding carboxylic acids is 1. The van der Waals surface area contributed by atoms with Gasteiger partial charge in [0.25, 0.3) is 0 Å². The Hall–Kier alpha value is -1.52. The normalized spacial score (nSPS) is 14.3. The van der Waals surface area contributed by atoms with Crippen LogP contribution in [0.1, 0.15) is 46.3 Å². The lowest BCUT2D eigenvalue weighted by Gasteiger charge is -2.14. The van der Waals surface area contributed by atoms with Gasteiger partial charge < -0.3 is 0 Å². The maximum absolute atomic E-state index is 12.3. The molecule has 0 N–H and O–H groups in total. The van der Waals surface area contributed by atoms with Crippen LogP contribution < -0.4 is 0 Å². The number of rotatable bonds is 2. The first-order valence-corrected chi connectivity index (χ1v) is 9.36. The molecule has 0 atom stereocenters. The van der Waals surface area contributed by atoms with Gasteiger partial charge in [-0.05, 0) is 56.5 Å². The lowest BCUT2D eigenvalue weighted by molar-refractivity contribution is 0.101. The van der Waals surface area contributed by atoms with Crippen LogP contribution in [0.4, 0.5) is 0 Å². The van der Waals surface area contributed by atoms with Gasteiger partial charge in [-0.3, -0.25) is 4.79 Å². The predicted molar refractivity (Wildman–Crippen MR) is 94.3 cm³/mol. The zero-order valence-corrected chi connectivity index (χ0v) is 14.4. The van der Waals surface area contributed by atoms with E-state index in [1.165, 1.54) is 33.5 Å². The SMILES string of the molecule is CC(=O)c1c(C)nc2sc3c(c2c1-c1cccs1)CCCC3. The van der Waals surface area contributed by atoms with Gasteiger partial charge in [0, 0.05) is 26.3 Å². The maximum atomic E-state index is 12.3. The Morgan fingerprint density at radius 3 is 2.82 bits per heavy atom. The van der Waals surface area contributed by atoms with Crippen LogP contribution in [0.25, 0.3) is 20.7 Å². The van der Waals surface area contributed by atoms with Crippen LogP contribution in [-0.4, -0.2) is 10.8 Å². The first kappa shape index (κ1) is 14.1. The summed E-state index contributed by atoms with van der Waals surface area (Å²) >= 11 is 3.54. The highest BCUT2D eigenvalue weighted by Gasteiger charge is 2.25. The number of aryl methyl sites for hydroxylation is 3. The quantitative estimate of drug-likeness (QED) is 0.589. The lowest BCUT2D eigenvalue weighted by Crippen LogP contribution is -2.04. The van der Waals surface area contributed by atoms with Gasteiger partial charge in [-0.2, -0.15) is 0 Å². The number of carbonyl (C=O) groups is 1. The summed E-state index contributed by atoms with van der Waals surface area (Å²) in [5.74, 6) is 0.117. The summed E-state index contributed by atoms with van der Waals surface area (Å²) in [6.07, 6.45) is 4.79. The Morgan fingerprint density at radius 2 is 2.09 bits per heavy atom. The topological polar surface area (TPSA) is 30.0 Å². The summed E-state index contributed by atoms with van der Waals surface area (Å²) in [4.78, 5) is 20.8. The monoisotopic (exact) mass is 327 g/mol. The Morgan fingerprint density at radius 1 is 1.27 bits per heavy atom. The van der Waals surface area contributed by atoms with Crippen molar-refractivity contribution in [2.24, 2.45) is 0 Å². The smallest absolute Gasteiger partial charge is 0.162 e. The molecule has 0 bridgehead atoms. The van der Waals surface area contributed by atoms with Crippen LogP contribution >= 0.6 is 22.7 Å². The molecule has 22 heavy (non-hydrogen) atoms. The van der Waals surface area contributed by atoms with Gasteiger partial charge in [0.05, 0.1) is 5.69 Å². The number of aromatic nitrogens is 1. The highest BCUT2D eigenvalue weighted by atomic mass is 32.1. The minimum Gasteiger partial charge on any atom is -0.294 e. The number of hydrogen-bond acceptors (Lipinski definition) is 4. The molecule has 4 rings (SSSR count). The van der Waals surface area contributed by atoms with E-state index in [2.05, 4.69) is 17.5 Å². The largest absolute Gasteiger partial charge is 0.294 e. The van der Waals surface area contributed by atoms with Gasteiger partial charge in [0.15, 0.2) is 5.78 Å². The Kier molecular flexibility index (Phi) is 3.39. The summed E-state index contributed by atoms with van der Waals surface area (Å²) in [7, 11) is 0. The Bertz CT molecular complexity index is 875. The third-order valence-corrected chi connectivity index (χ3v) is 6.48. The molecule has 3 heterocycles. The molecule has 0 radical (unpaired) electrons. The zero-order chi connectivity index (χ0) is 15.3. The number of Topliss-reactive ketones (excluding diaryl/α,β-unsaturated/α-hetero) is 1. The Labute approximate surface area is 137 Å². The molecule has 1 aliphatic rings. The minimum atomic E-state index is 0.117. The summed E-state index contributed by atoms with van der Waals surface area (Å²) in [6.45, 7) is 3.62. The van der Waals surface area contributed by atoms with Crippen molar-refractivity contribution in [1.29, 1.82) is 0 Å².